The van der Waals surface area contributed by atoms with E-state index in [2.05, 4.69) is 15.2 Å². The van der Waals surface area contributed by atoms with Crippen molar-refractivity contribution in [2.24, 2.45) is 0 Å². The zero-order valence-corrected chi connectivity index (χ0v) is 9.79. The molecule has 0 radical (unpaired) electrons. The van der Waals surface area contributed by atoms with Gasteiger partial charge >= 0.3 is 0 Å². The van der Waals surface area contributed by atoms with Crippen LogP contribution in [-0.2, 0) is 4.79 Å². The highest BCUT2D eigenvalue weighted by molar-refractivity contribution is 5.89. The molecule has 0 spiro atoms. The summed E-state index contributed by atoms with van der Waals surface area (Å²) in [6.45, 7) is 5.61. The van der Waals surface area contributed by atoms with Crippen molar-refractivity contribution in [3.63, 3.8) is 0 Å². The molecule has 1 saturated heterocycles. The van der Waals surface area contributed by atoms with Crippen molar-refractivity contribution in [3.05, 3.63) is 17.8 Å². The molecule has 0 unspecified atom stereocenters. The second-order valence-electron chi connectivity index (χ2n) is 4.18. The molecule has 0 saturated carbocycles. The van der Waals surface area contributed by atoms with Crippen LogP contribution in [0.1, 0.15) is 25.5 Å². The first kappa shape index (κ1) is 10.9. The van der Waals surface area contributed by atoms with E-state index in [0.29, 0.717) is 0 Å². The minimum Gasteiger partial charge on any atom is -0.357 e. The number of nitrogens with zero attached hydrogens (tertiary/aromatic N) is 2. The summed E-state index contributed by atoms with van der Waals surface area (Å²) in [4.78, 5) is 17.8. The number of rotatable bonds is 2. The number of carbonyl (C=O) groups is 1. The molecule has 4 heteroatoms. The van der Waals surface area contributed by atoms with E-state index in [1.165, 1.54) is 19.8 Å². The minimum absolute atomic E-state index is 0.0566. The molecule has 2 rings (SSSR count). The van der Waals surface area contributed by atoms with E-state index in [9.17, 15) is 4.79 Å². The van der Waals surface area contributed by atoms with E-state index in [-0.39, 0.29) is 5.91 Å². The Morgan fingerprint density at radius 1 is 1.38 bits per heavy atom. The zero-order chi connectivity index (χ0) is 11.5. The van der Waals surface area contributed by atoms with Crippen LogP contribution in [0.2, 0.25) is 0 Å². The summed E-state index contributed by atoms with van der Waals surface area (Å²) in [5.41, 5.74) is 1.68. The quantitative estimate of drug-likeness (QED) is 0.827. The van der Waals surface area contributed by atoms with Gasteiger partial charge in [0.25, 0.3) is 0 Å². The Bertz CT molecular complexity index is 397. The lowest BCUT2D eigenvalue weighted by Crippen LogP contribution is -2.19. The summed E-state index contributed by atoms with van der Waals surface area (Å²) in [6, 6.07) is 3.90. The first-order valence-electron chi connectivity index (χ1n) is 5.67. The number of aryl methyl sites for hydroxylation is 1. The Labute approximate surface area is 95.7 Å². The number of hydrogen-bond donors (Lipinski definition) is 1. The molecule has 1 aliphatic rings. The second-order valence-corrected chi connectivity index (χ2v) is 4.18. The number of anilines is 2. The second kappa shape index (κ2) is 4.51. The smallest absolute Gasteiger partial charge is 0.221 e. The van der Waals surface area contributed by atoms with Gasteiger partial charge in [-0.05, 0) is 31.9 Å². The van der Waals surface area contributed by atoms with E-state index < -0.39 is 0 Å². The lowest BCUT2D eigenvalue weighted by molar-refractivity contribution is -0.114. The fraction of sp³-hybridized carbons (Fsp3) is 0.500. The summed E-state index contributed by atoms with van der Waals surface area (Å²) in [5.74, 6) is 0.961. The van der Waals surface area contributed by atoms with Gasteiger partial charge in [0, 0.05) is 20.0 Å². The molecule has 1 aromatic heterocycles. The third kappa shape index (κ3) is 2.32. The summed E-state index contributed by atoms with van der Waals surface area (Å²) in [5, 5.41) is 2.77. The average molecular weight is 219 g/mol. The predicted molar refractivity (Wildman–Crippen MR) is 64.7 cm³/mol. The van der Waals surface area contributed by atoms with Crippen LogP contribution in [-0.4, -0.2) is 24.0 Å². The Hall–Kier alpha value is -1.58. The van der Waals surface area contributed by atoms with Crippen LogP contribution in [0.15, 0.2) is 12.1 Å². The number of aromatic nitrogens is 1. The standard InChI is InChI=1S/C12H17N3O/c1-9-11(14-10(2)16)5-6-12(13-9)15-7-3-4-8-15/h5-6H,3-4,7-8H2,1-2H3,(H,14,16). The molecule has 1 aromatic rings. The lowest BCUT2D eigenvalue weighted by Gasteiger charge is -2.17. The molecule has 86 valence electrons. The summed E-state index contributed by atoms with van der Waals surface area (Å²) < 4.78 is 0. The predicted octanol–water partition coefficient (Wildman–Crippen LogP) is 1.95. The molecular weight excluding hydrogens is 202 g/mol. The van der Waals surface area contributed by atoms with Crippen molar-refractivity contribution in [3.8, 4) is 0 Å². The molecule has 4 nitrogen and oxygen atoms in total. The highest BCUT2D eigenvalue weighted by Crippen LogP contribution is 2.21. The molecule has 1 aliphatic heterocycles. The van der Waals surface area contributed by atoms with Gasteiger partial charge in [-0.2, -0.15) is 0 Å². The number of amides is 1. The summed E-state index contributed by atoms with van der Waals surface area (Å²) in [7, 11) is 0. The summed E-state index contributed by atoms with van der Waals surface area (Å²) in [6.07, 6.45) is 2.49. The highest BCUT2D eigenvalue weighted by Gasteiger charge is 2.14. The molecule has 0 aliphatic carbocycles. The molecular formula is C12H17N3O. The molecule has 2 heterocycles. The van der Waals surface area contributed by atoms with Crippen molar-refractivity contribution in [1.82, 2.24) is 4.98 Å². The third-order valence-corrected chi connectivity index (χ3v) is 2.81. The van der Waals surface area contributed by atoms with Gasteiger partial charge in [-0.1, -0.05) is 0 Å². The molecule has 0 atom stereocenters. The van der Waals surface area contributed by atoms with Crippen molar-refractivity contribution >= 4 is 17.4 Å². The van der Waals surface area contributed by atoms with Crippen LogP contribution in [0.25, 0.3) is 0 Å². The Balaban J connectivity index is 2.18. The van der Waals surface area contributed by atoms with Crippen LogP contribution < -0.4 is 10.2 Å². The van der Waals surface area contributed by atoms with Crippen LogP contribution in [0.3, 0.4) is 0 Å². The molecule has 1 N–H and O–H groups in total. The number of nitrogens with one attached hydrogen (secondary N) is 1. The molecule has 0 aromatic carbocycles. The van der Waals surface area contributed by atoms with Gasteiger partial charge in [0.05, 0.1) is 11.4 Å². The average Bonchev–Trinajstić information content (AvgIpc) is 2.73. The zero-order valence-electron chi connectivity index (χ0n) is 9.79. The van der Waals surface area contributed by atoms with Crippen LogP contribution in [0.5, 0.6) is 0 Å². The fourth-order valence-corrected chi connectivity index (χ4v) is 1.99. The largest absolute Gasteiger partial charge is 0.357 e. The van der Waals surface area contributed by atoms with Gasteiger partial charge in [-0.15, -0.1) is 0 Å². The third-order valence-electron chi connectivity index (χ3n) is 2.81. The van der Waals surface area contributed by atoms with Crippen molar-refractivity contribution in [1.29, 1.82) is 0 Å². The molecule has 1 fully saturated rings. The topological polar surface area (TPSA) is 45.2 Å². The number of hydrogen-bond acceptors (Lipinski definition) is 3. The van der Waals surface area contributed by atoms with E-state index in [0.717, 1.165) is 30.3 Å². The Morgan fingerprint density at radius 2 is 2.06 bits per heavy atom. The normalized spacial score (nSPS) is 15.2. The van der Waals surface area contributed by atoms with Crippen molar-refractivity contribution in [2.75, 3.05) is 23.3 Å². The maximum absolute atomic E-state index is 11.0. The first-order chi connectivity index (χ1) is 7.66. The first-order valence-corrected chi connectivity index (χ1v) is 5.67. The number of carbonyl (C=O) groups excluding carboxylic acids is 1. The Kier molecular flexibility index (Phi) is 3.08. The van der Waals surface area contributed by atoms with E-state index in [1.807, 2.05) is 19.1 Å². The molecule has 1 amide bonds. The van der Waals surface area contributed by atoms with Crippen molar-refractivity contribution < 1.29 is 4.79 Å². The molecule has 0 bridgehead atoms. The van der Waals surface area contributed by atoms with E-state index in [1.54, 1.807) is 0 Å². The number of pyridine rings is 1. The van der Waals surface area contributed by atoms with Gasteiger partial charge in [0.1, 0.15) is 5.82 Å². The maximum atomic E-state index is 11.0. The molecule has 16 heavy (non-hydrogen) atoms. The van der Waals surface area contributed by atoms with Gasteiger partial charge in [-0.3, -0.25) is 4.79 Å². The minimum atomic E-state index is -0.0566. The monoisotopic (exact) mass is 219 g/mol. The maximum Gasteiger partial charge on any atom is 0.221 e. The van der Waals surface area contributed by atoms with E-state index in [4.69, 9.17) is 0 Å². The highest BCUT2D eigenvalue weighted by atomic mass is 16.1. The van der Waals surface area contributed by atoms with Crippen LogP contribution >= 0.6 is 0 Å². The van der Waals surface area contributed by atoms with Crippen LogP contribution in [0.4, 0.5) is 11.5 Å². The Morgan fingerprint density at radius 3 is 2.62 bits per heavy atom. The lowest BCUT2D eigenvalue weighted by atomic mass is 10.3. The SMILES string of the molecule is CC(=O)Nc1ccc(N2CCCC2)nc1C. The van der Waals surface area contributed by atoms with Crippen LogP contribution in [0, 0.1) is 6.92 Å². The van der Waals surface area contributed by atoms with Gasteiger partial charge in [0.15, 0.2) is 0 Å². The van der Waals surface area contributed by atoms with E-state index >= 15 is 0 Å². The van der Waals surface area contributed by atoms with Gasteiger partial charge in [0.2, 0.25) is 5.91 Å². The fourth-order valence-electron chi connectivity index (χ4n) is 1.99. The van der Waals surface area contributed by atoms with Gasteiger partial charge < -0.3 is 10.2 Å². The summed E-state index contributed by atoms with van der Waals surface area (Å²) >= 11 is 0. The van der Waals surface area contributed by atoms with Crippen molar-refractivity contribution in [2.45, 2.75) is 26.7 Å². The van der Waals surface area contributed by atoms with Gasteiger partial charge in [-0.25, -0.2) is 4.98 Å².